The summed E-state index contributed by atoms with van der Waals surface area (Å²) in [5, 5.41) is 31.8. The highest BCUT2D eigenvalue weighted by molar-refractivity contribution is 5.99. The summed E-state index contributed by atoms with van der Waals surface area (Å²) < 4.78 is 0. The second-order valence-electron chi connectivity index (χ2n) is 10.8. The van der Waals surface area contributed by atoms with E-state index in [2.05, 4.69) is 44.4 Å². The van der Waals surface area contributed by atoms with E-state index in [1.165, 1.54) is 0 Å². The van der Waals surface area contributed by atoms with Gasteiger partial charge in [-0.2, -0.15) is 10.4 Å². The molecular formula is C31H37N7O2. The molecule has 2 aromatic carbocycles. The van der Waals surface area contributed by atoms with Crippen LogP contribution in [-0.2, 0) is 0 Å². The van der Waals surface area contributed by atoms with Crippen LogP contribution in [0, 0.1) is 32.1 Å². The molecule has 0 bridgehead atoms. The molecule has 0 aliphatic carbocycles. The van der Waals surface area contributed by atoms with E-state index in [-0.39, 0.29) is 18.6 Å². The van der Waals surface area contributed by atoms with Crippen LogP contribution in [0.15, 0.2) is 48.7 Å². The Hall–Kier alpha value is -4.16. The smallest absolute Gasteiger partial charge is 0.254 e. The lowest BCUT2D eigenvalue weighted by Crippen LogP contribution is -2.56. The predicted molar refractivity (Wildman–Crippen MR) is 157 cm³/mol. The number of hydrogen-bond donors (Lipinski definition) is 2. The zero-order chi connectivity index (χ0) is 28.2. The number of aliphatic hydroxyl groups is 1. The monoisotopic (exact) mass is 539 g/mol. The zero-order valence-corrected chi connectivity index (χ0v) is 23.5. The first kappa shape index (κ1) is 27.4. The van der Waals surface area contributed by atoms with Crippen LogP contribution in [0.25, 0.3) is 0 Å². The minimum Gasteiger partial charge on any atom is -0.394 e. The van der Waals surface area contributed by atoms with E-state index in [9.17, 15) is 15.2 Å². The van der Waals surface area contributed by atoms with Gasteiger partial charge in [-0.3, -0.25) is 4.79 Å². The quantitative estimate of drug-likeness (QED) is 0.489. The van der Waals surface area contributed by atoms with Gasteiger partial charge in [0.05, 0.1) is 23.9 Å². The van der Waals surface area contributed by atoms with E-state index < -0.39 is 0 Å². The van der Waals surface area contributed by atoms with Crippen LogP contribution in [0.4, 0.5) is 17.2 Å². The zero-order valence-electron chi connectivity index (χ0n) is 23.5. The third-order valence-electron chi connectivity index (χ3n) is 8.23. The Balaban J connectivity index is 1.31. The van der Waals surface area contributed by atoms with Crippen LogP contribution >= 0.6 is 0 Å². The van der Waals surface area contributed by atoms with Crippen molar-refractivity contribution in [2.24, 2.45) is 0 Å². The summed E-state index contributed by atoms with van der Waals surface area (Å²) in [6, 6.07) is 15.7. The minimum atomic E-state index is -0.282. The van der Waals surface area contributed by atoms with E-state index in [1.807, 2.05) is 49.1 Å². The molecule has 2 saturated heterocycles. The first-order valence-electron chi connectivity index (χ1n) is 14.0. The third kappa shape index (κ3) is 5.45. The summed E-state index contributed by atoms with van der Waals surface area (Å²) in [5.41, 5.74) is 6.20. The van der Waals surface area contributed by atoms with Crippen LogP contribution in [0.3, 0.4) is 0 Å². The van der Waals surface area contributed by atoms with Gasteiger partial charge in [0.2, 0.25) is 0 Å². The van der Waals surface area contributed by atoms with Gasteiger partial charge in [-0.05, 0) is 74.6 Å². The fourth-order valence-corrected chi connectivity index (χ4v) is 6.15. The number of nitrogens with zero attached hydrogens (tertiary/aromatic N) is 6. The van der Waals surface area contributed by atoms with Gasteiger partial charge in [0.25, 0.3) is 5.91 Å². The van der Waals surface area contributed by atoms with Crippen molar-refractivity contribution in [2.75, 3.05) is 54.4 Å². The normalized spacial score (nSPS) is 18.0. The number of aliphatic hydroxyl groups excluding tert-OH is 1. The van der Waals surface area contributed by atoms with Gasteiger partial charge in [0, 0.05) is 56.2 Å². The number of carbonyl (C=O) groups is 1. The molecule has 3 heterocycles. The topological polar surface area (TPSA) is 109 Å². The number of piperazine rings is 1. The van der Waals surface area contributed by atoms with E-state index in [0.717, 1.165) is 65.4 Å². The lowest BCUT2D eigenvalue weighted by Gasteiger charge is -2.42. The van der Waals surface area contributed by atoms with E-state index in [4.69, 9.17) is 0 Å². The molecule has 1 atom stereocenters. The number of piperidine rings is 1. The molecule has 0 unspecified atom stereocenters. The minimum absolute atomic E-state index is 0.0119. The second-order valence-corrected chi connectivity index (χ2v) is 10.8. The molecule has 9 nitrogen and oxygen atoms in total. The van der Waals surface area contributed by atoms with Crippen LogP contribution in [0.2, 0.25) is 0 Å². The summed E-state index contributed by atoms with van der Waals surface area (Å²) in [6.45, 7) is 9.29. The molecular weight excluding hydrogens is 502 g/mol. The van der Waals surface area contributed by atoms with Crippen molar-refractivity contribution in [3.63, 3.8) is 0 Å². The molecule has 2 aliphatic heterocycles. The van der Waals surface area contributed by atoms with Crippen molar-refractivity contribution in [2.45, 2.75) is 45.7 Å². The summed E-state index contributed by atoms with van der Waals surface area (Å²) in [6.07, 6.45) is 3.63. The summed E-state index contributed by atoms with van der Waals surface area (Å²) in [5.74, 6) is 0.899. The first-order valence-corrected chi connectivity index (χ1v) is 14.0. The fourth-order valence-electron chi connectivity index (χ4n) is 6.15. The molecule has 0 saturated carbocycles. The molecule has 2 N–H and O–H groups in total. The van der Waals surface area contributed by atoms with Crippen LogP contribution < -0.4 is 15.1 Å². The van der Waals surface area contributed by atoms with Crippen molar-refractivity contribution in [3.8, 4) is 6.07 Å². The standard InChI is InChI=1S/C31H37N7O2/c1-21-17-22(2)30(34-25-10-13-36(14-11-25)28-9-6-12-33-35-28)23(3)29(21)31(40)37-15-16-38(26(19-37)20-39)27-8-5-4-7-24(27)18-32/h4-9,12,17,25-26,34,39H,10-11,13-16,19-20H2,1-3H3/t26-/m0/s1. The molecule has 40 heavy (non-hydrogen) atoms. The van der Waals surface area contributed by atoms with Gasteiger partial charge in [-0.1, -0.05) is 18.2 Å². The van der Waals surface area contributed by atoms with Crippen molar-refractivity contribution in [1.82, 2.24) is 15.1 Å². The Kier molecular flexibility index (Phi) is 8.17. The molecule has 208 valence electrons. The molecule has 1 amide bonds. The van der Waals surface area contributed by atoms with Gasteiger partial charge in [-0.25, -0.2) is 0 Å². The molecule has 0 spiro atoms. The molecule has 5 rings (SSSR count). The number of para-hydroxylation sites is 1. The number of carbonyl (C=O) groups excluding carboxylic acids is 1. The SMILES string of the molecule is Cc1cc(C)c(C(=O)N2CCN(c3ccccc3C#N)[C@H](CO)C2)c(C)c1NC1CCN(c2cccnn2)CC1. The summed E-state index contributed by atoms with van der Waals surface area (Å²) in [4.78, 5) is 20.1. The van der Waals surface area contributed by atoms with Gasteiger partial charge < -0.3 is 25.1 Å². The summed E-state index contributed by atoms with van der Waals surface area (Å²) >= 11 is 0. The number of aryl methyl sites for hydroxylation is 2. The number of anilines is 3. The Morgan fingerprint density at radius 3 is 2.55 bits per heavy atom. The lowest BCUT2D eigenvalue weighted by atomic mass is 9.94. The number of benzene rings is 2. The predicted octanol–water partition coefficient (Wildman–Crippen LogP) is 3.68. The maximum atomic E-state index is 14.0. The molecule has 2 aliphatic rings. The number of amides is 1. The number of hydrogen-bond acceptors (Lipinski definition) is 8. The molecule has 1 aromatic heterocycles. The Morgan fingerprint density at radius 2 is 1.85 bits per heavy atom. The Bertz CT molecular complexity index is 1400. The average Bonchev–Trinajstić information content (AvgIpc) is 2.99. The van der Waals surface area contributed by atoms with Crippen molar-refractivity contribution in [1.29, 1.82) is 5.26 Å². The summed E-state index contributed by atoms with van der Waals surface area (Å²) in [7, 11) is 0. The fraction of sp³-hybridized carbons (Fsp3) is 0.419. The van der Waals surface area contributed by atoms with Crippen LogP contribution in [-0.4, -0.2) is 77.5 Å². The molecule has 0 radical (unpaired) electrons. The maximum Gasteiger partial charge on any atom is 0.254 e. The van der Waals surface area contributed by atoms with Gasteiger partial charge in [0.1, 0.15) is 6.07 Å². The van der Waals surface area contributed by atoms with Gasteiger partial charge in [-0.15, -0.1) is 5.10 Å². The maximum absolute atomic E-state index is 14.0. The van der Waals surface area contributed by atoms with Gasteiger partial charge >= 0.3 is 0 Å². The van der Waals surface area contributed by atoms with Crippen molar-refractivity contribution < 1.29 is 9.90 Å². The van der Waals surface area contributed by atoms with E-state index in [1.54, 1.807) is 12.3 Å². The number of nitriles is 1. The lowest BCUT2D eigenvalue weighted by molar-refractivity contribution is 0.0698. The Morgan fingerprint density at radius 1 is 1.07 bits per heavy atom. The van der Waals surface area contributed by atoms with Crippen molar-refractivity contribution in [3.05, 3.63) is 76.5 Å². The molecule has 2 fully saturated rings. The van der Waals surface area contributed by atoms with Crippen LogP contribution in [0.1, 0.15) is 45.5 Å². The highest BCUT2D eigenvalue weighted by Crippen LogP contribution is 2.32. The average molecular weight is 540 g/mol. The van der Waals surface area contributed by atoms with E-state index in [0.29, 0.717) is 31.2 Å². The Labute approximate surface area is 236 Å². The number of nitrogens with one attached hydrogen (secondary N) is 1. The van der Waals surface area contributed by atoms with Gasteiger partial charge in [0.15, 0.2) is 5.82 Å². The third-order valence-corrected chi connectivity index (χ3v) is 8.23. The van der Waals surface area contributed by atoms with Crippen LogP contribution in [0.5, 0.6) is 0 Å². The largest absolute Gasteiger partial charge is 0.394 e. The molecule has 3 aromatic rings. The number of rotatable bonds is 6. The number of aromatic nitrogens is 2. The first-order chi connectivity index (χ1) is 19.4. The highest BCUT2D eigenvalue weighted by Gasteiger charge is 2.32. The van der Waals surface area contributed by atoms with Crippen molar-refractivity contribution >= 4 is 23.1 Å². The second kappa shape index (κ2) is 11.9. The molecule has 9 heteroatoms. The highest BCUT2D eigenvalue weighted by atomic mass is 16.3. The van der Waals surface area contributed by atoms with E-state index >= 15 is 0 Å².